The van der Waals surface area contributed by atoms with E-state index < -0.39 is 0 Å². The largest absolute Gasteiger partial charge is 0.281 e. The van der Waals surface area contributed by atoms with Gasteiger partial charge in [-0.1, -0.05) is 64.2 Å². The lowest BCUT2D eigenvalue weighted by molar-refractivity contribution is -0.384. The van der Waals surface area contributed by atoms with Crippen molar-refractivity contribution < 1.29 is 4.92 Å². The Bertz CT molecular complexity index is 757. The molecule has 2 atom stereocenters. The SMILES string of the molecule is C=C1/C=C\C=C/C2(N=Cc3ccc([N+](=O)[O-])cc3)CCC1C2(C)C.CC. The van der Waals surface area contributed by atoms with Gasteiger partial charge in [0.25, 0.3) is 5.69 Å². The minimum atomic E-state index is -0.389. The summed E-state index contributed by atoms with van der Waals surface area (Å²) in [6.45, 7) is 12.7. The smallest absolute Gasteiger partial charge is 0.269 e. The fourth-order valence-corrected chi connectivity index (χ4v) is 3.95. The third-order valence-corrected chi connectivity index (χ3v) is 5.59. The molecule has 2 aliphatic rings. The molecule has 0 N–H and O–H groups in total. The van der Waals surface area contributed by atoms with E-state index in [1.54, 1.807) is 12.1 Å². The van der Waals surface area contributed by atoms with Crippen molar-refractivity contribution in [3.8, 4) is 0 Å². The van der Waals surface area contributed by atoms with Gasteiger partial charge in [-0.15, -0.1) is 0 Å². The molecule has 4 nitrogen and oxygen atoms in total. The van der Waals surface area contributed by atoms with E-state index in [4.69, 9.17) is 4.99 Å². The molecule has 0 heterocycles. The number of benzene rings is 1. The lowest BCUT2D eigenvalue weighted by Crippen LogP contribution is -2.40. The summed E-state index contributed by atoms with van der Waals surface area (Å²) in [5.74, 6) is 0.410. The third kappa shape index (κ3) is 3.55. The first-order valence-corrected chi connectivity index (χ1v) is 9.20. The highest BCUT2D eigenvalue weighted by atomic mass is 16.6. The molecule has 1 fully saturated rings. The van der Waals surface area contributed by atoms with E-state index in [0.717, 1.165) is 24.0 Å². The average Bonchev–Trinajstić information content (AvgIpc) is 2.93. The van der Waals surface area contributed by atoms with Crippen molar-refractivity contribution in [1.82, 2.24) is 0 Å². The van der Waals surface area contributed by atoms with E-state index in [9.17, 15) is 10.1 Å². The molecule has 0 aromatic heterocycles. The minimum absolute atomic E-state index is 0.0252. The van der Waals surface area contributed by atoms with Crippen molar-refractivity contribution in [2.24, 2.45) is 16.3 Å². The average molecular weight is 352 g/mol. The Balaban J connectivity index is 0.00000117. The van der Waals surface area contributed by atoms with Crippen LogP contribution in [0, 0.1) is 21.4 Å². The van der Waals surface area contributed by atoms with Gasteiger partial charge in [0.2, 0.25) is 0 Å². The Morgan fingerprint density at radius 1 is 1.23 bits per heavy atom. The summed E-state index contributed by atoms with van der Waals surface area (Å²) in [4.78, 5) is 15.3. The van der Waals surface area contributed by atoms with Crippen molar-refractivity contribution in [2.45, 2.75) is 46.1 Å². The fraction of sp³-hybridized carbons (Fsp3) is 0.409. The summed E-state index contributed by atoms with van der Waals surface area (Å²) < 4.78 is 0. The second-order valence-corrected chi connectivity index (χ2v) is 7.14. The normalized spacial score (nSPS) is 28.6. The molecular weight excluding hydrogens is 324 g/mol. The maximum atomic E-state index is 10.8. The van der Waals surface area contributed by atoms with Gasteiger partial charge < -0.3 is 0 Å². The summed E-state index contributed by atoms with van der Waals surface area (Å²) >= 11 is 0. The van der Waals surface area contributed by atoms with Crippen molar-refractivity contribution in [2.75, 3.05) is 0 Å². The van der Waals surface area contributed by atoms with E-state index in [1.165, 1.54) is 12.1 Å². The lowest BCUT2D eigenvalue weighted by Gasteiger charge is -2.40. The zero-order chi connectivity index (χ0) is 19.4. The molecule has 2 unspecified atom stereocenters. The van der Waals surface area contributed by atoms with Crippen LogP contribution < -0.4 is 0 Å². The first-order chi connectivity index (χ1) is 12.4. The van der Waals surface area contributed by atoms with Gasteiger partial charge in [0.15, 0.2) is 0 Å². The Kier molecular flexibility index (Phi) is 5.96. The number of fused-ring (bicyclic) bond motifs is 2. The van der Waals surface area contributed by atoms with Crippen LogP contribution in [0.4, 0.5) is 5.69 Å². The minimum Gasteiger partial charge on any atom is -0.281 e. The van der Waals surface area contributed by atoms with Crippen molar-refractivity contribution >= 4 is 11.9 Å². The first-order valence-electron chi connectivity index (χ1n) is 9.20. The van der Waals surface area contributed by atoms with Gasteiger partial charge in [0.05, 0.1) is 10.5 Å². The number of nitro benzene ring substituents is 1. The number of nitro groups is 1. The molecule has 4 heteroatoms. The highest BCUT2D eigenvalue weighted by Crippen LogP contribution is 2.56. The molecule has 2 aliphatic carbocycles. The van der Waals surface area contributed by atoms with Gasteiger partial charge in [0, 0.05) is 23.8 Å². The van der Waals surface area contributed by atoms with Crippen LogP contribution in [0.25, 0.3) is 0 Å². The number of rotatable bonds is 3. The predicted octanol–water partition coefficient (Wildman–Crippen LogP) is 5.90. The standard InChI is InChI=1S/C20H22N2O2.C2H6/c1-15-6-4-5-12-20(13-11-18(15)19(20,2)3)21-14-16-7-9-17(10-8-16)22(23)24;1-2/h4-10,12,14,18H,1,11,13H2,2-3H3;1-2H3/b6-4-,12-5-,21-14?;. The quantitative estimate of drug-likeness (QED) is 0.386. The molecule has 2 bridgehead atoms. The Labute approximate surface area is 156 Å². The van der Waals surface area contributed by atoms with E-state index in [0.29, 0.717) is 5.92 Å². The molecule has 1 aromatic rings. The molecule has 0 spiro atoms. The van der Waals surface area contributed by atoms with Crippen LogP contribution in [0.1, 0.15) is 46.1 Å². The predicted molar refractivity (Wildman–Crippen MR) is 109 cm³/mol. The number of hydrogen-bond donors (Lipinski definition) is 0. The van der Waals surface area contributed by atoms with E-state index in [-0.39, 0.29) is 21.6 Å². The highest BCUT2D eigenvalue weighted by Gasteiger charge is 2.53. The second-order valence-electron chi connectivity index (χ2n) is 7.14. The zero-order valence-corrected chi connectivity index (χ0v) is 16.1. The Hall–Kier alpha value is -2.49. The molecule has 1 aromatic carbocycles. The Morgan fingerprint density at radius 2 is 1.88 bits per heavy atom. The molecule has 138 valence electrons. The molecule has 0 aliphatic heterocycles. The first kappa shape index (κ1) is 19.8. The fourth-order valence-electron chi connectivity index (χ4n) is 3.95. The van der Waals surface area contributed by atoms with Crippen molar-refractivity contribution in [3.05, 3.63) is 76.4 Å². The number of allylic oxidation sites excluding steroid dienone is 4. The summed E-state index contributed by atoms with van der Waals surface area (Å²) in [6, 6.07) is 6.51. The molecular formula is C22H28N2O2. The number of nitrogens with zero attached hydrogens (tertiary/aromatic N) is 2. The van der Waals surface area contributed by atoms with Gasteiger partial charge in [-0.2, -0.15) is 0 Å². The van der Waals surface area contributed by atoms with Crippen molar-refractivity contribution in [1.29, 1.82) is 0 Å². The van der Waals surface area contributed by atoms with Crippen LogP contribution in [-0.4, -0.2) is 16.7 Å². The van der Waals surface area contributed by atoms with Crippen LogP contribution in [0.3, 0.4) is 0 Å². The number of hydrogen-bond acceptors (Lipinski definition) is 3. The third-order valence-electron chi connectivity index (χ3n) is 5.59. The molecule has 0 radical (unpaired) electrons. The van der Waals surface area contributed by atoms with E-state index in [2.05, 4.69) is 38.7 Å². The monoisotopic (exact) mass is 352 g/mol. The maximum Gasteiger partial charge on any atom is 0.269 e. The van der Waals surface area contributed by atoms with Crippen LogP contribution in [0.5, 0.6) is 0 Å². The molecule has 26 heavy (non-hydrogen) atoms. The van der Waals surface area contributed by atoms with Gasteiger partial charge in [-0.25, -0.2) is 0 Å². The van der Waals surface area contributed by atoms with Crippen LogP contribution in [-0.2, 0) is 0 Å². The summed E-state index contributed by atoms with van der Waals surface area (Å²) in [6.07, 6.45) is 12.3. The van der Waals surface area contributed by atoms with Gasteiger partial charge in [0.1, 0.15) is 0 Å². The molecule has 3 rings (SSSR count). The van der Waals surface area contributed by atoms with Gasteiger partial charge in [-0.3, -0.25) is 15.1 Å². The van der Waals surface area contributed by atoms with Gasteiger partial charge >= 0.3 is 0 Å². The topological polar surface area (TPSA) is 55.5 Å². The number of aliphatic imine (C=N–C) groups is 1. The van der Waals surface area contributed by atoms with Crippen LogP contribution in [0.2, 0.25) is 0 Å². The zero-order valence-electron chi connectivity index (χ0n) is 16.1. The van der Waals surface area contributed by atoms with Crippen molar-refractivity contribution in [3.63, 3.8) is 0 Å². The molecule has 0 saturated heterocycles. The van der Waals surface area contributed by atoms with E-state index >= 15 is 0 Å². The molecule has 0 amide bonds. The number of non-ortho nitro benzene ring substituents is 1. The molecule has 1 saturated carbocycles. The summed E-state index contributed by atoms with van der Waals surface area (Å²) in [5.41, 5.74) is 1.84. The van der Waals surface area contributed by atoms with Crippen LogP contribution >= 0.6 is 0 Å². The van der Waals surface area contributed by atoms with Gasteiger partial charge in [-0.05, 0) is 36.5 Å². The summed E-state index contributed by atoms with van der Waals surface area (Å²) in [7, 11) is 0. The second kappa shape index (κ2) is 7.81. The maximum absolute atomic E-state index is 10.8. The lowest BCUT2D eigenvalue weighted by atomic mass is 9.67. The van der Waals surface area contributed by atoms with E-state index in [1.807, 2.05) is 26.1 Å². The van der Waals surface area contributed by atoms with Crippen LogP contribution in [0.15, 0.2) is 65.7 Å². The Morgan fingerprint density at radius 3 is 2.50 bits per heavy atom. The summed E-state index contributed by atoms with van der Waals surface area (Å²) in [5, 5.41) is 10.8. The highest BCUT2D eigenvalue weighted by molar-refractivity contribution is 5.80.